The molecule has 69 valence electrons. The van der Waals surface area contributed by atoms with Gasteiger partial charge in [0.15, 0.2) is 0 Å². The zero-order valence-electron chi connectivity index (χ0n) is 7.14. The molecule has 0 aliphatic heterocycles. The number of carboxylic acid groups (broad SMARTS) is 1. The van der Waals surface area contributed by atoms with Crippen molar-refractivity contribution < 1.29 is 15.0 Å². The molecule has 0 aromatic heterocycles. The zero-order chi connectivity index (χ0) is 9.68. The Morgan fingerprint density at radius 2 is 1.92 bits per heavy atom. The van der Waals surface area contributed by atoms with Gasteiger partial charge in [-0.1, -0.05) is 30.3 Å². The maximum atomic E-state index is 11.1. The van der Waals surface area contributed by atoms with E-state index in [4.69, 9.17) is 5.11 Å². The van der Waals surface area contributed by atoms with Crippen LogP contribution in [-0.4, -0.2) is 17.2 Å². The second kappa shape index (κ2) is 4.62. The molecule has 0 heterocycles. The van der Waals surface area contributed by atoms with Crippen LogP contribution in [0.4, 0.5) is 0 Å². The van der Waals surface area contributed by atoms with Gasteiger partial charge in [0.1, 0.15) is 6.10 Å². The van der Waals surface area contributed by atoms with Crippen molar-refractivity contribution >= 4 is 5.97 Å². The minimum Gasteiger partial charge on any atom is -0.481 e. The van der Waals surface area contributed by atoms with Gasteiger partial charge in [-0.3, -0.25) is 4.79 Å². The quantitative estimate of drug-likeness (QED) is 0.761. The van der Waals surface area contributed by atoms with E-state index in [1.54, 1.807) is 0 Å². The molecule has 1 aromatic carbocycles. The van der Waals surface area contributed by atoms with Gasteiger partial charge in [0, 0.05) is 6.42 Å². The van der Waals surface area contributed by atoms with E-state index < -0.39 is 12.1 Å². The van der Waals surface area contributed by atoms with Gasteiger partial charge in [0.05, 0.1) is 6.42 Å². The fourth-order valence-corrected chi connectivity index (χ4v) is 1.14. The minimum atomic E-state index is -1.04. The molecule has 1 N–H and O–H groups in total. The van der Waals surface area contributed by atoms with E-state index in [2.05, 4.69) is 0 Å². The van der Waals surface area contributed by atoms with Gasteiger partial charge in [0.25, 0.3) is 0 Å². The van der Waals surface area contributed by atoms with Gasteiger partial charge in [-0.05, 0) is 5.56 Å². The van der Waals surface area contributed by atoms with Gasteiger partial charge in [-0.25, -0.2) is 5.11 Å². The second-order valence-corrected chi connectivity index (χ2v) is 2.91. The van der Waals surface area contributed by atoms with Crippen LogP contribution in [0.3, 0.4) is 0 Å². The fraction of sp³-hybridized carbons (Fsp3) is 0.300. The van der Waals surface area contributed by atoms with Crippen molar-refractivity contribution in [3.05, 3.63) is 35.9 Å². The molecule has 0 bridgehead atoms. The molecule has 3 heteroatoms. The van der Waals surface area contributed by atoms with Crippen molar-refractivity contribution in [3.63, 3.8) is 0 Å². The Morgan fingerprint density at radius 3 is 2.46 bits per heavy atom. The number of aliphatic carboxylic acids is 1. The Morgan fingerprint density at radius 1 is 1.31 bits per heavy atom. The Labute approximate surface area is 76.6 Å². The number of carboxylic acids is 1. The highest BCUT2D eigenvalue weighted by atomic mass is 16.4. The van der Waals surface area contributed by atoms with Gasteiger partial charge >= 0.3 is 5.97 Å². The molecule has 0 amide bonds. The van der Waals surface area contributed by atoms with E-state index in [1.165, 1.54) is 0 Å². The lowest BCUT2D eigenvalue weighted by Crippen LogP contribution is -2.14. The third kappa shape index (κ3) is 3.71. The predicted octanol–water partition coefficient (Wildman–Crippen LogP) is 1.50. The van der Waals surface area contributed by atoms with Crippen molar-refractivity contribution in [2.24, 2.45) is 0 Å². The molecule has 1 rings (SSSR count). The van der Waals surface area contributed by atoms with Crippen molar-refractivity contribution in [3.8, 4) is 0 Å². The standard InChI is InChI=1S/C10H11O3/c11-9(7-10(12)13)6-8-4-2-1-3-5-8/h1-5,9H,6-7H2,(H,12,13). The van der Waals surface area contributed by atoms with E-state index in [1.807, 2.05) is 30.3 Å². The second-order valence-electron chi connectivity index (χ2n) is 2.91. The van der Waals surface area contributed by atoms with E-state index in [-0.39, 0.29) is 12.8 Å². The molecule has 1 atom stereocenters. The summed E-state index contributed by atoms with van der Waals surface area (Å²) in [5.41, 5.74) is 0.892. The number of benzene rings is 1. The maximum absolute atomic E-state index is 11.1. The molecular formula is C10H11O3. The Balaban J connectivity index is 2.45. The van der Waals surface area contributed by atoms with Crippen LogP contribution < -0.4 is 0 Å². The van der Waals surface area contributed by atoms with Gasteiger partial charge < -0.3 is 5.11 Å². The summed E-state index contributed by atoms with van der Waals surface area (Å²) in [6, 6.07) is 9.19. The van der Waals surface area contributed by atoms with Crippen LogP contribution in [0, 0.1) is 0 Å². The lowest BCUT2D eigenvalue weighted by Gasteiger charge is -2.04. The van der Waals surface area contributed by atoms with Crippen molar-refractivity contribution in [1.82, 2.24) is 0 Å². The Bertz CT molecular complexity index is 269. The van der Waals surface area contributed by atoms with Crippen LogP contribution in [-0.2, 0) is 16.3 Å². The van der Waals surface area contributed by atoms with Crippen molar-refractivity contribution in [2.45, 2.75) is 18.9 Å². The highest BCUT2D eigenvalue weighted by Gasteiger charge is 2.11. The molecule has 13 heavy (non-hydrogen) atoms. The summed E-state index contributed by atoms with van der Waals surface area (Å²) in [6.45, 7) is 0. The van der Waals surface area contributed by atoms with Gasteiger partial charge in [0.2, 0.25) is 0 Å². The number of hydrogen-bond donors (Lipinski definition) is 1. The zero-order valence-corrected chi connectivity index (χ0v) is 7.14. The van der Waals surface area contributed by atoms with Gasteiger partial charge in [-0.15, -0.1) is 0 Å². The van der Waals surface area contributed by atoms with Crippen molar-refractivity contribution in [2.75, 3.05) is 0 Å². The lowest BCUT2D eigenvalue weighted by molar-refractivity contribution is -0.140. The third-order valence-electron chi connectivity index (χ3n) is 1.71. The van der Waals surface area contributed by atoms with E-state index in [0.717, 1.165) is 5.56 Å². The topological polar surface area (TPSA) is 57.2 Å². The first-order valence-corrected chi connectivity index (χ1v) is 4.10. The summed E-state index contributed by atoms with van der Waals surface area (Å²) in [7, 11) is 0. The molecule has 0 fully saturated rings. The number of hydrogen-bond acceptors (Lipinski definition) is 1. The maximum Gasteiger partial charge on any atom is 0.306 e. The van der Waals surface area contributed by atoms with E-state index >= 15 is 0 Å². The molecule has 3 nitrogen and oxygen atoms in total. The first-order chi connectivity index (χ1) is 6.18. The normalized spacial score (nSPS) is 12.4. The fourth-order valence-electron chi connectivity index (χ4n) is 1.14. The molecular weight excluding hydrogens is 168 g/mol. The summed E-state index contributed by atoms with van der Waals surface area (Å²) in [5, 5.41) is 19.5. The molecule has 0 saturated carbocycles. The highest BCUT2D eigenvalue weighted by Crippen LogP contribution is 2.05. The third-order valence-corrected chi connectivity index (χ3v) is 1.71. The molecule has 0 spiro atoms. The van der Waals surface area contributed by atoms with Crippen LogP contribution >= 0.6 is 0 Å². The lowest BCUT2D eigenvalue weighted by atomic mass is 10.1. The minimum absolute atomic E-state index is 0.285. The monoisotopic (exact) mass is 179 g/mol. The van der Waals surface area contributed by atoms with Gasteiger partial charge in [-0.2, -0.15) is 0 Å². The summed E-state index contributed by atoms with van der Waals surface area (Å²) >= 11 is 0. The predicted molar refractivity (Wildman–Crippen MR) is 46.9 cm³/mol. The molecule has 1 aromatic rings. The molecule has 0 aliphatic carbocycles. The average molecular weight is 179 g/mol. The van der Waals surface area contributed by atoms with Crippen LogP contribution in [0.5, 0.6) is 0 Å². The number of rotatable bonds is 4. The first kappa shape index (κ1) is 9.74. The number of carbonyl (C=O) groups is 1. The molecule has 0 aliphatic rings. The summed E-state index contributed by atoms with van der Waals surface area (Å²) in [5.74, 6) is -1.03. The molecule has 1 unspecified atom stereocenters. The Kier molecular flexibility index (Phi) is 3.46. The van der Waals surface area contributed by atoms with Crippen LogP contribution in [0.25, 0.3) is 0 Å². The van der Waals surface area contributed by atoms with E-state index in [0.29, 0.717) is 0 Å². The smallest absolute Gasteiger partial charge is 0.306 e. The molecule has 1 radical (unpaired) electrons. The molecule has 0 saturated heterocycles. The SMILES string of the molecule is [O]C(CC(=O)O)Cc1ccccc1. The summed E-state index contributed by atoms with van der Waals surface area (Å²) in [6.07, 6.45) is -1.07. The van der Waals surface area contributed by atoms with E-state index in [9.17, 15) is 9.90 Å². The van der Waals surface area contributed by atoms with Crippen LogP contribution in [0.2, 0.25) is 0 Å². The Hall–Kier alpha value is -1.35. The average Bonchev–Trinajstić information content (AvgIpc) is 2.04. The summed E-state index contributed by atoms with van der Waals surface area (Å²) < 4.78 is 0. The summed E-state index contributed by atoms with van der Waals surface area (Å²) in [4.78, 5) is 10.2. The first-order valence-electron chi connectivity index (χ1n) is 4.10. The largest absolute Gasteiger partial charge is 0.481 e. The van der Waals surface area contributed by atoms with Crippen LogP contribution in [0.15, 0.2) is 30.3 Å². The van der Waals surface area contributed by atoms with Crippen LogP contribution in [0.1, 0.15) is 12.0 Å². The van der Waals surface area contributed by atoms with Crippen molar-refractivity contribution in [1.29, 1.82) is 0 Å². The highest BCUT2D eigenvalue weighted by molar-refractivity contribution is 5.67.